The van der Waals surface area contributed by atoms with Crippen LogP contribution in [-0.4, -0.2) is 15.7 Å². The molecule has 1 saturated carbocycles. The molecule has 2 unspecified atom stereocenters. The first-order chi connectivity index (χ1) is 17.1. The first-order valence-electron chi connectivity index (χ1n) is 13.1. The Balaban J connectivity index is 1.36. The van der Waals surface area contributed by atoms with Crippen molar-refractivity contribution >= 4 is 11.8 Å². The van der Waals surface area contributed by atoms with Crippen molar-refractivity contribution in [1.82, 2.24) is 9.97 Å². The van der Waals surface area contributed by atoms with Crippen LogP contribution in [0.3, 0.4) is 0 Å². The zero-order chi connectivity index (χ0) is 24.3. The zero-order valence-corrected chi connectivity index (χ0v) is 21.7. The van der Waals surface area contributed by atoms with E-state index in [4.69, 9.17) is 4.98 Å². The Morgan fingerprint density at radius 3 is 2.60 bits per heavy atom. The van der Waals surface area contributed by atoms with Gasteiger partial charge in [-0.2, -0.15) is 0 Å². The minimum Gasteiger partial charge on any atom is -0.301 e. The van der Waals surface area contributed by atoms with Gasteiger partial charge in [-0.1, -0.05) is 112 Å². The summed E-state index contributed by atoms with van der Waals surface area (Å²) in [5, 5.41) is 0.720. The van der Waals surface area contributed by atoms with Crippen LogP contribution in [0.5, 0.6) is 0 Å². The van der Waals surface area contributed by atoms with E-state index >= 15 is 0 Å². The molecule has 0 aliphatic heterocycles. The minimum absolute atomic E-state index is 0.0572. The van der Waals surface area contributed by atoms with Crippen molar-refractivity contribution in [2.75, 3.05) is 5.75 Å². The van der Waals surface area contributed by atoms with Crippen LogP contribution in [0.1, 0.15) is 75.0 Å². The van der Waals surface area contributed by atoms with E-state index in [0.717, 1.165) is 40.6 Å². The number of hydrogen-bond donors (Lipinski definition) is 1. The molecule has 0 radical (unpaired) electrons. The molecule has 3 aromatic rings. The van der Waals surface area contributed by atoms with Crippen LogP contribution in [-0.2, 0) is 11.8 Å². The fourth-order valence-electron chi connectivity index (χ4n) is 6.14. The van der Waals surface area contributed by atoms with Crippen molar-refractivity contribution in [3.63, 3.8) is 0 Å². The van der Waals surface area contributed by atoms with Crippen LogP contribution in [0.4, 0.5) is 0 Å². The molecule has 182 valence electrons. The van der Waals surface area contributed by atoms with Crippen LogP contribution in [0.15, 0.2) is 76.7 Å². The van der Waals surface area contributed by atoms with E-state index in [2.05, 4.69) is 85.6 Å². The molecule has 0 spiro atoms. The highest BCUT2D eigenvalue weighted by Crippen LogP contribution is 2.48. The van der Waals surface area contributed by atoms with Gasteiger partial charge in [0, 0.05) is 16.7 Å². The lowest BCUT2D eigenvalue weighted by molar-refractivity contribution is 0.213. The molecule has 2 atom stereocenters. The minimum atomic E-state index is -0.151. The molecule has 2 aliphatic rings. The highest BCUT2D eigenvalue weighted by Gasteiger charge is 2.44. The summed E-state index contributed by atoms with van der Waals surface area (Å²) in [6.45, 7) is 4.58. The first kappa shape index (κ1) is 24.1. The molecular weight excluding hydrogens is 448 g/mol. The van der Waals surface area contributed by atoms with E-state index in [1.165, 1.54) is 43.2 Å². The van der Waals surface area contributed by atoms with Crippen molar-refractivity contribution < 1.29 is 0 Å². The molecule has 1 aromatic heterocycles. The maximum atomic E-state index is 13.6. The Morgan fingerprint density at radius 2 is 1.80 bits per heavy atom. The third kappa shape index (κ3) is 5.04. The molecule has 1 fully saturated rings. The predicted octanol–water partition coefficient (Wildman–Crippen LogP) is 7.67. The van der Waals surface area contributed by atoms with Gasteiger partial charge >= 0.3 is 0 Å². The Hall–Kier alpha value is -2.59. The van der Waals surface area contributed by atoms with Crippen LogP contribution < -0.4 is 5.56 Å². The normalized spacial score (nSPS) is 21.0. The van der Waals surface area contributed by atoms with Crippen LogP contribution in [0.2, 0.25) is 0 Å². The molecule has 5 rings (SSSR count). The lowest BCUT2D eigenvalue weighted by atomic mass is 9.60. The summed E-state index contributed by atoms with van der Waals surface area (Å²) in [7, 11) is 0. The molecular formula is C31H36N2OS. The number of hydrogen-bond acceptors (Lipinski definition) is 3. The maximum absolute atomic E-state index is 13.6. The molecule has 2 aromatic carbocycles. The Labute approximate surface area is 213 Å². The van der Waals surface area contributed by atoms with E-state index in [1.807, 2.05) is 0 Å². The molecule has 35 heavy (non-hydrogen) atoms. The van der Waals surface area contributed by atoms with Crippen molar-refractivity contribution in [3.8, 4) is 11.3 Å². The monoisotopic (exact) mass is 484 g/mol. The summed E-state index contributed by atoms with van der Waals surface area (Å²) in [6.07, 6.45) is 12.7. The van der Waals surface area contributed by atoms with Gasteiger partial charge in [-0.25, -0.2) is 4.98 Å². The summed E-state index contributed by atoms with van der Waals surface area (Å²) in [5.41, 5.74) is 5.56. The zero-order valence-electron chi connectivity index (χ0n) is 20.9. The lowest BCUT2D eigenvalue weighted by Crippen LogP contribution is -2.43. The van der Waals surface area contributed by atoms with Gasteiger partial charge in [0.15, 0.2) is 5.16 Å². The number of aromatic nitrogens is 2. The highest BCUT2D eigenvalue weighted by molar-refractivity contribution is 7.99. The third-order valence-electron chi connectivity index (χ3n) is 8.15. The van der Waals surface area contributed by atoms with Gasteiger partial charge in [0.05, 0.1) is 11.3 Å². The van der Waals surface area contributed by atoms with Crippen LogP contribution >= 0.6 is 11.8 Å². The van der Waals surface area contributed by atoms with Gasteiger partial charge < -0.3 is 4.98 Å². The number of thioether (sulfide) groups is 1. The topological polar surface area (TPSA) is 45.8 Å². The molecule has 2 aliphatic carbocycles. The number of allylic oxidation sites excluding steroid dienone is 1. The smallest absolute Gasteiger partial charge is 0.255 e. The molecule has 1 N–H and O–H groups in total. The average Bonchev–Trinajstić information content (AvgIpc) is 2.89. The first-order valence-corrected chi connectivity index (χ1v) is 14.1. The summed E-state index contributed by atoms with van der Waals surface area (Å²) in [6, 6.07) is 19.2. The summed E-state index contributed by atoms with van der Waals surface area (Å²) in [5.74, 6) is 1.83. The number of aromatic amines is 1. The van der Waals surface area contributed by atoms with E-state index < -0.39 is 0 Å². The predicted molar refractivity (Wildman–Crippen MR) is 147 cm³/mol. The largest absolute Gasteiger partial charge is 0.301 e. The average molecular weight is 485 g/mol. The lowest BCUT2D eigenvalue weighted by Gasteiger charge is -2.43. The van der Waals surface area contributed by atoms with Gasteiger partial charge in [-0.3, -0.25) is 4.79 Å². The van der Waals surface area contributed by atoms with Crippen molar-refractivity contribution in [2.24, 2.45) is 5.92 Å². The molecule has 1 heterocycles. The van der Waals surface area contributed by atoms with Crippen LogP contribution in [0, 0.1) is 5.92 Å². The third-order valence-corrected chi connectivity index (χ3v) is 8.97. The summed E-state index contributed by atoms with van der Waals surface area (Å²) >= 11 is 1.61. The number of H-pyrrole nitrogens is 1. The molecule has 3 nitrogen and oxygen atoms in total. The SMILES string of the molecule is CC(C/C=C/CSc1nc2c(c(=O)[nH]1)C(C)(C1CCCCC1)Cc1ccccc1-2)c1ccccc1. The molecule has 0 bridgehead atoms. The van der Waals surface area contributed by atoms with E-state index in [9.17, 15) is 4.79 Å². The van der Waals surface area contributed by atoms with E-state index in [1.54, 1.807) is 11.8 Å². The second-order valence-electron chi connectivity index (χ2n) is 10.5. The van der Waals surface area contributed by atoms with Gasteiger partial charge in [0.25, 0.3) is 5.56 Å². The second kappa shape index (κ2) is 10.6. The Morgan fingerprint density at radius 1 is 1.06 bits per heavy atom. The Kier molecular flexibility index (Phi) is 7.29. The highest BCUT2D eigenvalue weighted by atomic mass is 32.2. The number of benzene rings is 2. The standard InChI is InChI=1S/C31H36N2OS/c1-22(23-14-5-3-6-15-23)13-11-12-20-35-30-32-28-26-19-10-9-16-24(26)21-31(2,27(28)29(34)33-30)25-17-7-4-8-18-25/h3,5-6,9-12,14-16,19,22,25H,4,7-8,13,17-18,20-21H2,1-2H3,(H,32,33,34)/b12-11+. The van der Waals surface area contributed by atoms with Gasteiger partial charge in [-0.05, 0) is 48.6 Å². The van der Waals surface area contributed by atoms with E-state index in [0.29, 0.717) is 11.8 Å². The van der Waals surface area contributed by atoms with Crippen molar-refractivity contribution in [2.45, 2.75) is 75.3 Å². The van der Waals surface area contributed by atoms with E-state index in [-0.39, 0.29) is 11.0 Å². The number of rotatable bonds is 7. The Bertz CT molecular complexity index is 1240. The summed E-state index contributed by atoms with van der Waals surface area (Å²) < 4.78 is 0. The van der Waals surface area contributed by atoms with Gasteiger partial charge in [0.2, 0.25) is 0 Å². The van der Waals surface area contributed by atoms with Crippen LogP contribution in [0.25, 0.3) is 11.3 Å². The number of nitrogens with one attached hydrogen (secondary N) is 1. The molecule has 0 saturated heterocycles. The van der Waals surface area contributed by atoms with Crippen molar-refractivity contribution in [3.05, 3.63) is 93.8 Å². The second-order valence-corrected chi connectivity index (χ2v) is 11.5. The van der Waals surface area contributed by atoms with Gasteiger partial charge in [-0.15, -0.1) is 0 Å². The fourth-order valence-corrected chi connectivity index (χ4v) is 6.85. The van der Waals surface area contributed by atoms with Crippen molar-refractivity contribution in [1.29, 1.82) is 0 Å². The van der Waals surface area contributed by atoms with Gasteiger partial charge in [0.1, 0.15) is 0 Å². The number of fused-ring (bicyclic) bond motifs is 3. The quantitative estimate of drug-likeness (QED) is 0.213. The fraction of sp³-hybridized carbons (Fsp3) is 0.419. The summed E-state index contributed by atoms with van der Waals surface area (Å²) in [4.78, 5) is 21.8. The molecule has 4 heteroatoms. The molecule has 0 amide bonds. The number of nitrogens with zero attached hydrogens (tertiary/aromatic N) is 1. The maximum Gasteiger partial charge on any atom is 0.255 e.